The number of carbonyl (C=O) groups excluding carboxylic acids is 1. The number of amides is 1. The summed E-state index contributed by atoms with van der Waals surface area (Å²) >= 11 is 1.55. The number of likely N-dealkylation sites (tertiary alicyclic amines) is 1. The second kappa shape index (κ2) is 8.02. The first-order valence-corrected chi connectivity index (χ1v) is 10.1. The van der Waals surface area contributed by atoms with E-state index in [9.17, 15) is 9.59 Å². The molecule has 0 saturated carbocycles. The number of carbonyl (C=O) groups is 1. The van der Waals surface area contributed by atoms with Crippen molar-refractivity contribution < 1.29 is 4.79 Å². The number of pyridine rings is 1. The van der Waals surface area contributed by atoms with Crippen molar-refractivity contribution in [3.8, 4) is 11.3 Å². The number of hydrogen-bond acceptors (Lipinski definition) is 6. The summed E-state index contributed by atoms with van der Waals surface area (Å²) in [4.78, 5) is 36.2. The van der Waals surface area contributed by atoms with Gasteiger partial charge < -0.3 is 4.90 Å². The quantitative estimate of drug-likeness (QED) is 0.662. The normalized spacial score (nSPS) is 16.5. The van der Waals surface area contributed by atoms with E-state index in [1.807, 2.05) is 24.0 Å². The van der Waals surface area contributed by atoms with E-state index in [4.69, 9.17) is 0 Å². The Balaban J connectivity index is 1.51. The van der Waals surface area contributed by atoms with Crippen LogP contribution in [0.4, 0.5) is 0 Å². The molecule has 1 saturated heterocycles. The van der Waals surface area contributed by atoms with Gasteiger partial charge in [0.1, 0.15) is 0 Å². The van der Waals surface area contributed by atoms with Crippen molar-refractivity contribution in [1.29, 1.82) is 0 Å². The molecular formula is C20H21N5O2S. The van der Waals surface area contributed by atoms with Gasteiger partial charge in [-0.05, 0) is 38.0 Å². The van der Waals surface area contributed by atoms with Crippen molar-refractivity contribution in [3.63, 3.8) is 0 Å². The van der Waals surface area contributed by atoms with E-state index in [1.165, 1.54) is 10.7 Å². The summed E-state index contributed by atoms with van der Waals surface area (Å²) in [6.45, 7) is 3.07. The Hall–Kier alpha value is -2.87. The van der Waals surface area contributed by atoms with Crippen LogP contribution in [0.3, 0.4) is 0 Å². The van der Waals surface area contributed by atoms with Gasteiger partial charge in [0.25, 0.3) is 5.56 Å². The average Bonchev–Trinajstić information content (AvgIpc) is 3.33. The van der Waals surface area contributed by atoms with Crippen LogP contribution in [0, 0.1) is 6.92 Å². The smallest absolute Gasteiger partial charge is 0.266 e. The first-order valence-electron chi connectivity index (χ1n) is 9.29. The van der Waals surface area contributed by atoms with Crippen LogP contribution in [0.5, 0.6) is 0 Å². The van der Waals surface area contributed by atoms with Gasteiger partial charge in [-0.15, -0.1) is 11.3 Å². The minimum absolute atomic E-state index is 0.0144. The predicted octanol–water partition coefficient (Wildman–Crippen LogP) is 2.30. The Bertz CT molecular complexity index is 1030. The molecule has 1 aliphatic heterocycles. The molecule has 0 N–H and O–H groups in total. The third-order valence-electron chi connectivity index (χ3n) is 4.92. The number of thiazole rings is 1. The monoisotopic (exact) mass is 395 g/mol. The molecule has 3 aromatic heterocycles. The van der Waals surface area contributed by atoms with Gasteiger partial charge in [-0.1, -0.05) is 0 Å². The Labute approximate surface area is 166 Å². The van der Waals surface area contributed by atoms with Crippen LogP contribution in [-0.2, 0) is 17.8 Å². The molecule has 1 atom stereocenters. The molecular weight excluding hydrogens is 374 g/mol. The number of aryl methyl sites for hydroxylation is 1. The van der Waals surface area contributed by atoms with Gasteiger partial charge in [0.15, 0.2) is 0 Å². The molecule has 3 aromatic rings. The zero-order valence-corrected chi connectivity index (χ0v) is 16.4. The Morgan fingerprint density at radius 3 is 2.82 bits per heavy atom. The minimum Gasteiger partial charge on any atom is -0.338 e. The summed E-state index contributed by atoms with van der Waals surface area (Å²) in [6.07, 6.45) is 7.35. The van der Waals surface area contributed by atoms with E-state index >= 15 is 0 Å². The van der Waals surface area contributed by atoms with Crippen LogP contribution in [0.25, 0.3) is 11.3 Å². The third kappa shape index (κ3) is 4.01. The molecule has 1 unspecified atom stereocenters. The highest BCUT2D eigenvalue weighted by atomic mass is 32.1. The Morgan fingerprint density at radius 2 is 2.07 bits per heavy atom. The third-order valence-corrected chi connectivity index (χ3v) is 5.83. The van der Waals surface area contributed by atoms with Gasteiger partial charge in [-0.3, -0.25) is 14.6 Å². The van der Waals surface area contributed by atoms with Crippen LogP contribution < -0.4 is 5.56 Å². The van der Waals surface area contributed by atoms with Crippen LogP contribution in [-0.4, -0.2) is 43.1 Å². The molecule has 4 rings (SSSR count). The predicted molar refractivity (Wildman–Crippen MR) is 107 cm³/mol. The maximum atomic E-state index is 12.8. The molecule has 0 bridgehead atoms. The summed E-state index contributed by atoms with van der Waals surface area (Å²) in [5, 5.41) is 5.48. The van der Waals surface area contributed by atoms with Crippen LogP contribution >= 0.6 is 11.3 Å². The maximum Gasteiger partial charge on any atom is 0.266 e. The molecule has 0 aromatic carbocycles. The summed E-state index contributed by atoms with van der Waals surface area (Å²) in [6, 6.07) is 6.96. The first-order chi connectivity index (χ1) is 13.6. The number of nitrogens with zero attached hydrogens (tertiary/aromatic N) is 5. The number of hydrogen-bond donors (Lipinski definition) is 0. The van der Waals surface area contributed by atoms with Crippen LogP contribution in [0.1, 0.15) is 22.7 Å². The molecule has 28 heavy (non-hydrogen) atoms. The molecule has 0 spiro atoms. The zero-order valence-electron chi connectivity index (χ0n) is 15.6. The molecule has 0 aliphatic carbocycles. The van der Waals surface area contributed by atoms with Crippen molar-refractivity contribution in [1.82, 2.24) is 24.6 Å². The fourth-order valence-electron chi connectivity index (χ4n) is 3.55. The van der Waals surface area contributed by atoms with Gasteiger partial charge in [0.2, 0.25) is 5.91 Å². The summed E-state index contributed by atoms with van der Waals surface area (Å²) < 4.78 is 1.48. The van der Waals surface area contributed by atoms with E-state index in [-0.39, 0.29) is 17.5 Å². The van der Waals surface area contributed by atoms with Crippen molar-refractivity contribution in [2.24, 2.45) is 0 Å². The Kier molecular flexibility index (Phi) is 5.29. The molecule has 144 valence electrons. The van der Waals surface area contributed by atoms with E-state index in [0.29, 0.717) is 13.0 Å². The molecule has 1 fully saturated rings. The first kappa shape index (κ1) is 18.5. The fourth-order valence-corrected chi connectivity index (χ4v) is 4.33. The second-order valence-corrected chi connectivity index (χ2v) is 8.20. The topological polar surface area (TPSA) is 81.0 Å². The van der Waals surface area contributed by atoms with Gasteiger partial charge >= 0.3 is 0 Å². The average molecular weight is 395 g/mol. The lowest BCUT2D eigenvalue weighted by Crippen LogP contribution is -2.41. The van der Waals surface area contributed by atoms with Crippen LogP contribution in [0.15, 0.2) is 47.7 Å². The number of rotatable bonds is 5. The SMILES string of the molecule is Cc1ncc(CC(=O)N2CCCC2Cn2nc(-c3ccncc3)ccc2=O)s1. The molecule has 8 heteroatoms. The van der Waals surface area contributed by atoms with Gasteiger partial charge in [0.05, 0.1) is 29.7 Å². The molecule has 0 radical (unpaired) electrons. The lowest BCUT2D eigenvalue weighted by molar-refractivity contribution is -0.131. The second-order valence-electron chi connectivity index (χ2n) is 6.88. The molecule has 7 nitrogen and oxygen atoms in total. The lowest BCUT2D eigenvalue weighted by atomic mass is 10.2. The van der Waals surface area contributed by atoms with Crippen molar-refractivity contribution in [3.05, 3.63) is 63.1 Å². The van der Waals surface area contributed by atoms with Gasteiger partial charge in [-0.25, -0.2) is 9.67 Å². The van der Waals surface area contributed by atoms with E-state index in [2.05, 4.69) is 15.1 Å². The molecule has 1 amide bonds. The zero-order chi connectivity index (χ0) is 19.5. The highest BCUT2D eigenvalue weighted by Gasteiger charge is 2.29. The minimum atomic E-state index is -0.157. The standard InChI is InChI=1S/C20H21N5O2S/c1-14-22-12-17(28-14)11-20(27)24-10-2-3-16(24)13-25-19(26)5-4-18(23-25)15-6-8-21-9-7-15/h4-9,12,16H,2-3,10-11,13H2,1H3. The molecule has 1 aliphatic rings. The van der Waals surface area contributed by atoms with Crippen LogP contribution in [0.2, 0.25) is 0 Å². The highest BCUT2D eigenvalue weighted by Crippen LogP contribution is 2.22. The molecule has 4 heterocycles. The van der Waals surface area contributed by atoms with E-state index < -0.39 is 0 Å². The van der Waals surface area contributed by atoms with Crippen molar-refractivity contribution in [2.45, 2.75) is 38.8 Å². The fraction of sp³-hybridized carbons (Fsp3) is 0.350. The summed E-state index contributed by atoms with van der Waals surface area (Å²) in [5.41, 5.74) is 1.47. The highest BCUT2D eigenvalue weighted by molar-refractivity contribution is 7.11. The van der Waals surface area contributed by atoms with Crippen molar-refractivity contribution >= 4 is 17.2 Å². The Morgan fingerprint density at radius 1 is 1.25 bits per heavy atom. The van der Waals surface area contributed by atoms with Crippen molar-refractivity contribution in [2.75, 3.05) is 6.54 Å². The maximum absolute atomic E-state index is 12.8. The van der Waals surface area contributed by atoms with E-state index in [1.54, 1.807) is 36.0 Å². The largest absolute Gasteiger partial charge is 0.338 e. The lowest BCUT2D eigenvalue weighted by Gasteiger charge is -2.25. The summed E-state index contributed by atoms with van der Waals surface area (Å²) in [7, 11) is 0. The van der Waals surface area contributed by atoms with Gasteiger partial charge in [-0.2, -0.15) is 5.10 Å². The van der Waals surface area contributed by atoms with E-state index in [0.717, 1.165) is 40.5 Å². The summed E-state index contributed by atoms with van der Waals surface area (Å²) in [5.74, 6) is 0.0875. The number of aromatic nitrogens is 4. The van der Waals surface area contributed by atoms with Gasteiger partial charge in [0, 0.05) is 41.6 Å².